The van der Waals surface area contributed by atoms with E-state index in [1.807, 2.05) is 12.1 Å². The first kappa shape index (κ1) is 13.3. The van der Waals surface area contributed by atoms with Crippen LogP contribution in [0.15, 0.2) is 12.1 Å². The summed E-state index contributed by atoms with van der Waals surface area (Å²) in [5, 5.41) is 10.3. The van der Waals surface area contributed by atoms with E-state index in [9.17, 15) is 5.11 Å². The molecule has 2 unspecified atom stereocenters. The zero-order valence-electron chi connectivity index (χ0n) is 10.3. The standard InChI is InChI=1S/C12H19ClN2OS/c1-14-5-6-15(2)10(8-14)11(16)7-9-3-4-12(13)17-9/h3-4,10-11,16H,5-8H2,1-2H3. The average Bonchev–Trinajstić information content (AvgIpc) is 2.67. The van der Waals surface area contributed by atoms with Crippen molar-refractivity contribution < 1.29 is 5.11 Å². The second-order valence-corrected chi connectivity index (χ2v) is 6.59. The molecular weight excluding hydrogens is 256 g/mol. The quantitative estimate of drug-likeness (QED) is 0.906. The topological polar surface area (TPSA) is 26.7 Å². The minimum Gasteiger partial charge on any atom is -0.391 e. The van der Waals surface area contributed by atoms with Gasteiger partial charge < -0.3 is 10.0 Å². The Morgan fingerprint density at radius 1 is 1.47 bits per heavy atom. The van der Waals surface area contributed by atoms with Crippen molar-refractivity contribution in [2.45, 2.75) is 18.6 Å². The molecule has 1 aliphatic rings. The molecule has 96 valence electrons. The van der Waals surface area contributed by atoms with Crippen molar-refractivity contribution in [3.8, 4) is 0 Å². The summed E-state index contributed by atoms with van der Waals surface area (Å²) in [6.07, 6.45) is 0.373. The van der Waals surface area contributed by atoms with E-state index in [0.717, 1.165) is 28.8 Å². The molecule has 17 heavy (non-hydrogen) atoms. The van der Waals surface area contributed by atoms with Crippen LogP contribution in [0.2, 0.25) is 4.34 Å². The molecule has 5 heteroatoms. The van der Waals surface area contributed by atoms with E-state index in [1.54, 1.807) is 11.3 Å². The van der Waals surface area contributed by atoms with E-state index in [-0.39, 0.29) is 12.1 Å². The van der Waals surface area contributed by atoms with Gasteiger partial charge in [0, 0.05) is 37.0 Å². The van der Waals surface area contributed by atoms with Gasteiger partial charge in [0.1, 0.15) is 0 Å². The zero-order chi connectivity index (χ0) is 12.4. The van der Waals surface area contributed by atoms with Gasteiger partial charge in [-0.05, 0) is 26.2 Å². The summed E-state index contributed by atoms with van der Waals surface area (Å²) in [6.45, 7) is 3.02. The fraction of sp³-hybridized carbons (Fsp3) is 0.667. The van der Waals surface area contributed by atoms with Crippen molar-refractivity contribution >= 4 is 22.9 Å². The van der Waals surface area contributed by atoms with Crippen molar-refractivity contribution in [2.75, 3.05) is 33.7 Å². The largest absolute Gasteiger partial charge is 0.391 e. The van der Waals surface area contributed by atoms with Crippen LogP contribution >= 0.6 is 22.9 Å². The number of nitrogens with zero attached hydrogens (tertiary/aromatic N) is 2. The van der Waals surface area contributed by atoms with Gasteiger partial charge in [-0.3, -0.25) is 4.90 Å². The summed E-state index contributed by atoms with van der Waals surface area (Å²) < 4.78 is 0.793. The monoisotopic (exact) mass is 274 g/mol. The van der Waals surface area contributed by atoms with Gasteiger partial charge in [0.15, 0.2) is 0 Å². The molecule has 0 aliphatic carbocycles. The fourth-order valence-electron chi connectivity index (χ4n) is 2.26. The molecule has 2 heterocycles. The Labute approximate surface area is 112 Å². The third-order valence-electron chi connectivity index (χ3n) is 3.38. The Kier molecular flexibility index (Phi) is 4.44. The summed E-state index contributed by atoms with van der Waals surface area (Å²) in [5.74, 6) is 0. The van der Waals surface area contributed by atoms with Crippen LogP contribution in [0.25, 0.3) is 0 Å². The van der Waals surface area contributed by atoms with E-state index in [2.05, 4.69) is 23.9 Å². The van der Waals surface area contributed by atoms with Gasteiger partial charge in [-0.1, -0.05) is 11.6 Å². The Bertz CT molecular complexity index is 371. The summed E-state index contributed by atoms with van der Waals surface area (Å²) in [7, 11) is 4.19. The Morgan fingerprint density at radius 2 is 2.24 bits per heavy atom. The van der Waals surface area contributed by atoms with E-state index in [4.69, 9.17) is 11.6 Å². The predicted octanol–water partition coefficient (Wildman–Crippen LogP) is 1.55. The van der Waals surface area contributed by atoms with Gasteiger partial charge in [-0.25, -0.2) is 0 Å². The number of thiophene rings is 1. The number of hydrogen-bond donors (Lipinski definition) is 1. The highest BCUT2D eigenvalue weighted by molar-refractivity contribution is 7.16. The molecule has 0 spiro atoms. The van der Waals surface area contributed by atoms with Gasteiger partial charge in [0.2, 0.25) is 0 Å². The van der Waals surface area contributed by atoms with Crippen molar-refractivity contribution in [3.63, 3.8) is 0 Å². The van der Waals surface area contributed by atoms with Crippen LogP contribution in [0.3, 0.4) is 0 Å². The molecule has 0 saturated carbocycles. The van der Waals surface area contributed by atoms with E-state index in [0.29, 0.717) is 6.42 Å². The number of piperazine rings is 1. The number of rotatable bonds is 3. The zero-order valence-corrected chi connectivity index (χ0v) is 11.8. The summed E-state index contributed by atoms with van der Waals surface area (Å²) in [5.41, 5.74) is 0. The van der Waals surface area contributed by atoms with Crippen LogP contribution in [0, 0.1) is 0 Å². The smallest absolute Gasteiger partial charge is 0.0931 e. The molecule has 0 aromatic carbocycles. The molecule has 1 aromatic heterocycles. The molecule has 0 radical (unpaired) electrons. The van der Waals surface area contributed by atoms with Crippen LogP contribution < -0.4 is 0 Å². The molecule has 2 atom stereocenters. The number of aliphatic hydroxyl groups is 1. The number of hydrogen-bond acceptors (Lipinski definition) is 4. The lowest BCUT2D eigenvalue weighted by Gasteiger charge is -2.40. The molecule has 0 bridgehead atoms. The molecule has 2 rings (SSSR count). The minimum absolute atomic E-state index is 0.217. The lowest BCUT2D eigenvalue weighted by atomic mass is 10.0. The second-order valence-electron chi connectivity index (χ2n) is 4.79. The Morgan fingerprint density at radius 3 is 2.88 bits per heavy atom. The Balaban J connectivity index is 1.96. The maximum Gasteiger partial charge on any atom is 0.0931 e. The van der Waals surface area contributed by atoms with E-state index < -0.39 is 0 Å². The number of aliphatic hydroxyl groups excluding tert-OH is 1. The van der Waals surface area contributed by atoms with E-state index in [1.165, 1.54) is 0 Å². The molecule has 3 nitrogen and oxygen atoms in total. The second kappa shape index (κ2) is 5.67. The lowest BCUT2D eigenvalue weighted by molar-refractivity contribution is 0.0156. The highest BCUT2D eigenvalue weighted by Gasteiger charge is 2.28. The Hall–Kier alpha value is -0.130. The van der Waals surface area contributed by atoms with Crippen molar-refractivity contribution in [3.05, 3.63) is 21.3 Å². The first-order valence-electron chi connectivity index (χ1n) is 5.87. The van der Waals surface area contributed by atoms with Gasteiger partial charge >= 0.3 is 0 Å². The van der Waals surface area contributed by atoms with Crippen molar-refractivity contribution in [1.82, 2.24) is 9.80 Å². The maximum absolute atomic E-state index is 10.3. The van der Waals surface area contributed by atoms with Crippen molar-refractivity contribution in [2.24, 2.45) is 0 Å². The molecule has 1 aromatic rings. The number of halogens is 1. The van der Waals surface area contributed by atoms with Crippen LogP contribution in [0.1, 0.15) is 4.88 Å². The maximum atomic E-state index is 10.3. The fourth-order valence-corrected chi connectivity index (χ4v) is 3.40. The normalized spacial score (nSPS) is 25.1. The van der Waals surface area contributed by atoms with Crippen LogP contribution in [-0.2, 0) is 6.42 Å². The molecule has 1 fully saturated rings. The molecule has 0 amide bonds. The van der Waals surface area contributed by atoms with Crippen LogP contribution in [0.4, 0.5) is 0 Å². The summed E-state index contributed by atoms with van der Waals surface area (Å²) >= 11 is 7.46. The van der Waals surface area contributed by atoms with Crippen molar-refractivity contribution in [1.29, 1.82) is 0 Å². The molecule has 1 aliphatic heterocycles. The van der Waals surface area contributed by atoms with Crippen LogP contribution in [-0.4, -0.2) is 60.8 Å². The summed E-state index contributed by atoms with van der Waals surface area (Å²) in [4.78, 5) is 5.68. The third kappa shape index (κ3) is 3.42. The number of likely N-dealkylation sites (N-methyl/N-ethyl adjacent to an activating group) is 2. The highest BCUT2D eigenvalue weighted by Crippen LogP contribution is 2.24. The average molecular weight is 275 g/mol. The highest BCUT2D eigenvalue weighted by atomic mass is 35.5. The predicted molar refractivity (Wildman–Crippen MR) is 73.0 cm³/mol. The minimum atomic E-state index is -0.322. The van der Waals surface area contributed by atoms with E-state index >= 15 is 0 Å². The molecule has 1 N–H and O–H groups in total. The van der Waals surface area contributed by atoms with Crippen LogP contribution in [0.5, 0.6) is 0 Å². The molecular formula is C12H19ClN2OS. The molecule has 1 saturated heterocycles. The lowest BCUT2D eigenvalue weighted by Crippen LogP contribution is -2.55. The van der Waals surface area contributed by atoms with Gasteiger partial charge in [-0.2, -0.15) is 0 Å². The summed E-state index contributed by atoms with van der Waals surface area (Å²) in [6, 6.07) is 4.11. The van der Waals surface area contributed by atoms with Gasteiger partial charge in [0.05, 0.1) is 10.4 Å². The van der Waals surface area contributed by atoms with Gasteiger partial charge in [0.25, 0.3) is 0 Å². The van der Waals surface area contributed by atoms with Gasteiger partial charge in [-0.15, -0.1) is 11.3 Å². The first-order chi connectivity index (χ1) is 8.06. The SMILES string of the molecule is CN1CCN(C)C(C(O)Cc2ccc(Cl)s2)C1. The first-order valence-corrected chi connectivity index (χ1v) is 7.07. The third-order valence-corrected chi connectivity index (χ3v) is 4.64.